The van der Waals surface area contributed by atoms with Crippen molar-refractivity contribution in [1.82, 2.24) is 0 Å². The molecule has 0 fully saturated rings. The van der Waals surface area contributed by atoms with Gasteiger partial charge < -0.3 is 14.8 Å². The number of amides is 1. The molecule has 0 aliphatic rings. The second-order valence-electron chi connectivity index (χ2n) is 7.03. The van der Waals surface area contributed by atoms with Crippen molar-refractivity contribution in [3.63, 3.8) is 0 Å². The molecule has 0 saturated carbocycles. The van der Waals surface area contributed by atoms with Crippen LogP contribution in [0.1, 0.15) is 23.6 Å². The number of halogens is 2. The SMILES string of the molecule is CCOc1cc(/C=C(\C#N)C(=O)Nc2ccc(OC)cc2)cc(I)c1Cc1ccccc1Cl. The standard InChI is InChI=1S/C26H22ClIN2O3/c1-3-33-25-14-17(13-24(28)22(25)15-18-6-4-5-7-23(18)27)12-19(16-29)26(31)30-20-8-10-21(32-2)11-9-20/h4-14H,3,15H2,1-2H3,(H,30,31)/b19-12+. The maximum Gasteiger partial charge on any atom is 0.266 e. The van der Waals surface area contributed by atoms with E-state index in [4.69, 9.17) is 21.1 Å². The second-order valence-corrected chi connectivity index (χ2v) is 8.60. The Morgan fingerprint density at radius 3 is 2.55 bits per heavy atom. The first-order valence-corrected chi connectivity index (χ1v) is 11.7. The predicted molar refractivity (Wildman–Crippen MR) is 140 cm³/mol. The van der Waals surface area contributed by atoms with Gasteiger partial charge in [-0.1, -0.05) is 29.8 Å². The molecule has 1 N–H and O–H groups in total. The number of nitrogens with one attached hydrogen (secondary N) is 1. The van der Waals surface area contributed by atoms with Crippen LogP contribution in [0.4, 0.5) is 5.69 Å². The van der Waals surface area contributed by atoms with Gasteiger partial charge in [0.15, 0.2) is 0 Å². The lowest BCUT2D eigenvalue weighted by Gasteiger charge is -2.15. The number of nitriles is 1. The van der Waals surface area contributed by atoms with Crippen molar-refractivity contribution in [2.45, 2.75) is 13.3 Å². The van der Waals surface area contributed by atoms with Crippen molar-refractivity contribution >= 4 is 51.9 Å². The number of ether oxygens (including phenoxy) is 2. The molecular weight excluding hydrogens is 551 g/mol. The monoisotopic (exact) mass is 572 g/mol. The number of benzene rings is 3. The summed E-state index contributed by atoms with van der Waals surface area (Å²) in [5, 5.41) is 13.0. The highest BCUT2D eigenvalue weighted by molar-refractivity contribution is 14.1. The highest BCUT2D eigenvalue weighted by Gasteiger charge is 2.15. The Morgan fingerprint density at radius 1 is 1.18 bits per heavy atom. The molecule has 0 radical (unpaired) electrons. The van der Waals surface area contributed by atoms with Crippen molar-refractivity contribution in [2.75, 3.05) is 19.0 Å². The summed E-state index contributed by atoms with van der Waals surface area (Å²) in [5.74, 6) is 0.887. The van der Waals surface area contributed by atoms with Gasteiger partial charge in [0.05, 0.1) is 13.7 Å². The van der Waals surface area contributed by atoms with Crippen molar-refractivity contribution in [3.8, 4) is 17.6 Å². The van der Waals surface area contributed by atoms with Gasteiger partial charge in [-0.3, -0.25) is 4.79 Å². The van der Waals surface area contributed by atoms with E-state index in [-0.39, 0.29) is 5.57 Å². The summed E-state index contributed by atoms with van der Waals surface area (Å²) in [5.41, 5.74) is 3.26. The summed E-state index contributed by atoms with van der Waals surface area (Å²) in [4.78, 5) is 12.7. The summed E-state index contributed by atoms with van der Waals surface area (Å²) in [6.45, 7) is 2.40. The zero-order valence-electron chi connectivity index (χ0n) is 18.2. The normalized spacial score (nSPS) is 10.9. The van der Waals surface area contributed by atoms with Gasteiger partial charge in [0.2, 0.25) is 0 Å². The fraction of sp³-hybridized carbons (Fsp3) is 0.154. The van der Waals surface area contributed by atoms with Crippen LogP contribution < -0.4 is 14.8 Å². The minimum atomic E-state index is -0.490. The van der Waals surface area contributed by atoms with E-state index in [1.54, 1.807) is 37.5 Å². The number of carbonyl (C=O) groups excluding carboxylic acids is 1. The molecule has 33 heavy (non-hydrogen) atoms. The van der Waals surface area contributed by atoms with Gasteiger partial charge in [-0.15, -0.1) is 0 Å². The van der Waals surface area contributed by atoms with Crippen LogP contribution in [-0.2, 0) is 11.2 Å². The molecule has 0 atom stereocenters. The predicted octanol–water partition coefficient (Wildman–Crippen LogP) is 6.49. The van der Waals surface area contributed by atoms with E-state index in [1.165, 1.54) is 0 Å². The van der Waals surface area contributed by atoms with Gasteiger partial charge in [-0.25, -0.2) is 0 Å². The number of nitrogens with zero attached hydrogens (tertiary/aromatic N) is 1. The Labute approximate surface area is 212 Å². The topological polar surface area (TPSA) is 71.3 Å². The minimum absolute atomic E-state index is 0.0112. The van der Waals surface area contributed by atoms with Gasteiger partial charge in [0.25, 0.3) is 5.91 Å². The van der Waals surface area contributed by atoms with Gasteiger partial charge >= 0.3 is 0 Å². The molecule has 0 bridgehead atoms. The summed E-state index contributed by atoms with van der Waals surface area (Å²) in [6.07, 6.45) is 2.17. The van der Waals surface area contributed by atoms with E-state index in [0.29, 0.717) is 40.8 Å². The Kier molecular flexibility index (Phi) is 8.75. The zero-order chi connectivity index (χ0) is 23.8. The molecule has 0 aromatic heterocycles. The molecule has 0 unspecified atom stereocenters. The Morgan fingerprint density at radius 2 is 1.91 bits per heavy atom. The largest absolute Gasteiger partial charge is 0.497 e. The van der Waals surface area contributed by atoms with Gasteiger partial charge in [0.1, 0.15) is 23.1 Å². The maximum absolute atomic E-state index is 12.7. The molecular formula is C26H22ClIN2O3. The van der Waals surface area contributed by atoms with E-state index in [9.17, 15) is 10.1 Å². The number of carbonyl (C=O) groups is 1. The lowest BCUT2D eigenvalue weighted by Crippen LogP contribution is -2.13. The van der Waals surface area contributed by atoms with Crippen LogP contribution >= 0.6 is 34.2 Å². The summed E-state index contributed by atoms with van der Waals surface area (Å²) < 4.78 is 12.0. The molecule has 0 aliphatic carbocycles. The smallest absolute Gasteiger partial charge is 0.266 e. The van der Waals surface area contributed by atoms with Crippen molar-refractivity contribution < 1.29 is 14.3 Å². The summed E-state index contributed by atoms with van der Waals surface area (Å²) >= 11 is 8.60. The Balaban J connectivity index is 1.89. The number of hydrogen-bond acceptors (Lipinski definition) is 4. The van der Waals surface area contributed by atoms with E-state index < -0.39 is 5.91 Å². The zero-order valence-corrected chi connectivity index (χ0v) is 21.1. The van der Waals surface area contributed by atoms with Crippen LogP contribution in [0.25, 0.3) is 6.08 Å². The molecule has 3 rings (SSSR count). The average Bonchev–Trinajstić information content (AvgIpc) is 2.81. The highest BCUT2D eigenvalue weighted by atomic mass is 127. The maximum atomic E-state index is 12.7. The van der Waals surface area contributed by atoms with Crippen LogP contribution in [0, 0.1) is 14.9 Å². The van der Waals surface area contributed by atoms with E-state index in [1.807, 2.05) is 49.4 Å². The highest BCUT2D eigenvalue weighted by Crippen LogP contribution is 2.31. The van der Waals surface area contributed by atoms with E-state index >= 15 is 0 Å². The number of hydrogen-bond donors (Lipinski definition) is 1. The van der Waals surface area contributed by atoms with Crippen LogP contribution in [0.2, 0.25) is 5.02 Å². The molecule has 0 saturated heterocycles. The Bertz CT molecular complexity index is 1220. The first-order chi connectivity index (χ1) is 15.9. The number of methoxy groups -OCH3 is 1. The third kappa shape index (κ3) is 6.50. The molecule has 0 aliphatic heterocycles. The average molecular weight is 573 g/mol. The van der Waals surface area contributed by atoms with E-state index in [2.05, 4.69) is 27.9 Å². The van der Waals surface area contributed by atoms with Crippen molar-refractivity contribution in [1.29, 1.82) is 5.26 Å². The number of rotatable bonds is 8. The third-order valence-electron chi connectivity index (χ3n) is 4.83. The first kappa shape index (κ1) is 24.6. The lowest BCUT2D eigenvalue weighted by atomic mass is 10.0. The van der Waals surface area contributed by atoms with Crippen LogP contribution in [-0.4, -0.2) is 19.6 Å². The van der Waals surface area contributed by atoms with E-state index in [0.717, 1.165) is 14.7 Å². The lowest BCUT2D eigenvalue weighted by molar-refractivity contribution is -0.112. The molecule has 7 heteroatoms. The molecule has 0 heterocycles. The second kappa shape index (κ2) is 11.7. The first-order valence-electron chi connectivity index (χ1n) is 10.2. The molecule has 168 valence electrons. The van der Waals surface area contributed by atoms with Gasteiger partial charge in [-0.2, -0.15) is 5.26 Å². The Hall–Kier alpha value is -3.02. The molecule has 0 spiro atoms. The fourth-order valence-corrected chi connectivity index (χ4v) is 4.21. The van der Waals surface area contributed by atoms with Crippen LogP contribution in [0.3, 0.4) is 0 Å². The quantitative estimate of drug-likeness (QED) is 0.190. The third-order valence-corrected chi connectivity index (χ3v) is 6.16. The molecule has 1 amide bonds. The van der Waals surface area contributed by atoms with Gasteiger partial charge in [-0.05, 0) is 89.2 Å². The number of anilines is 1. The molecule has 3 aromatic rings. The van der Waals surface area contributed by atoms with Crippen LogP contribution in [0.15, 0.2) is 66.2 Å². The molecule has 3 aromatic carbocycles. The summed E-state index contributed by atoms with van der Waals surface area (Å²) in [7, 11) is 1.57. The van der Waals surface area contributed by atoms with Crippen LogP contribution in [0.5, 0.6) is 11.5 Å². The van der Waals surface area contributed by atoms with Crippen molar-refractivity contribution in [2.24, 2.45) is 0 Å². The summed E-state index contributed by atoms with van der Waals surface area (Å²) in [6, 6.07) is 20.4. The minimum Gasteiger partial charge on any atom is -0.497 e. The fourth-order valence-electron chi connectivity index (χ4n) is 3.19. The van der Waals surface area contributed by atoms with Crippen molar-refractivity contribution in [3.05, 3.63) is 91.5 Å². The molecule has 5 nitrogen and oxygen atoms in total. The van der Waals surface area contributed by atoms with Gasteiger partial charge in [0, 0.05) is 26.3 Å².